The first kappa shape index (κ1) is 16.7. The molecule has 0 aromatic heterocycles. The molecule has 1 aliphatic rings. The maximum atomic E-state index is 2.44. The molecule has 0 fully saturated rings. The van der Waals surface area contributed by atoms with Gasteiger partial charge in [-0.25, -0.2) is 0 Å². The summed E-state index contributed by atoms with van der Waals surface area (Å²) >= 11 is 0. The van der Waals surface area contributed by atoms with E-state index in [9.17, 15) is 0 Å². The lowest BCUT2D eigenvalue weighted by atomic mass is 10.00. The summed E-state index contributed by atoms with van der Waals surface area (Å²) in [5.74, 6) is 0.576. The monoisotopic (exact) mass is 328 g/mol. The summed E-state index contributed by atoms with van der Waals surface area (Å²) in [5.41, 5.74) is 10.9. The highest BCUT2D eigenvalue weighted by Crippen LogP contribution is 2.36. The molecule has 0 saturated heterocycles. The molecular weight excluding hydrogens is 304 g/mol. The van der Waals surface area contributed by atoms with E-state index in [2.05, 4.69) is 94.1 Å². The van der Waals surface area contributed by atoms with Crippen LogP contribution in [-0.2, 0) is 0 Å². The zero-order valence-corrected chi connectivity index (χ0v) is 15.9. The normalized spacial score (nSPS) is 17.4. The molecule has 2 radical (unpaired) electrons. The Hall–Kier alpha value is -2.12. The summed E-state index contributed by atoms with van der Waals surface area (Å²) in [6.07, 6.45) is 0. The Balaban J connectivity index is 1.98. The van der Waals surface area contributed by atoms with Crippen molar-refractivity contribution in [2.24, 2.45) is 5.92 Å². The van der Waals surface area contributed by atoms with Crippen LogP contribution in [0.4, 0.5) is 0 Å². The lowest BCUT2D eigenvalue weighted by Gasteiger charge is -2.12. The van der Waals surface area contributed by atoms with Gasteiger partial charge in [-0.05, 0) is 49.0 Å². The van der Waals surface area contributed by atoms with Crippen LogP contribution in [0.3, 0.4) is 0 Å². The fourth-order valence-electron chi connectivity index (χ4n) is 3.32. The molecule has 0 bridgehead atoms. The van der Waals surface area contributed by atoms with Gasteiger partial charge in [0.05, 0.1) is 0 Å². The van der Waals surface area contributed by atoms with Crippen molar-refractivity contribution >= 4 is 15.1 Å². The lowest BCUT2D eigenvalue weighted by molar-refractivity contribution is 0.856. The quantitative estimate of drug-likeness (QED) is 0.600. The molecule has 1 heteroatoms. The number of allylic oxidation sites excluding steroid dienone is 4. The van der Waals surface area contributed by atoms with Crippen LogP contribution in [0.15, 0.2) is 88.3 Å². The molecule has 1 atom stereocenters. The van der Waals surface area contributed by atoms with Crippen LogP contribution in [0.5, 0.6) is 0 Å². The fraction of sp³-hybridized carbons (Fsp3) is 0.217. The first-order valence-electron chi connectivity index (χ1n) is 8.55. The van der Waals surface area contributed by atoms with E-state index in [0.717, 1.165) is 9.52 Å². The lowest BCUT2D eigenvalue weighted by Crippen LogP contribution is -2.05. The molecule has 1 unspecified atom stereocenters. The van der Waals surface area contributed by atoms with Crippen molar-refractivity contribution in [1.82, 2.24) is 0 Å². The second kappa shape index (κ2) is 7.19. The molecule has 0 spiro atoms. The second-order valence-corrected chi connectivity index (χ2v) is 7.62. The molecule has 0 N–H and O–H groups in total. The van der Waals surface area contributed by atoms with E-state index in [1.54, 1.807) is 5.20 Å². The van der Waals surface area contributed by atoms with E-state index in [1.165, 1.54) is 33.4 Å². The Bertz CT molecular complexity index is 766. The van der Waals surface area contributed by atoms with E-state index >= 15 is 0 Å². The first-order chi connectivity index (χ1) is 11.6. The van der Waals surface area contributed by atoms with Gasteiger partial charge >= 0.3 is 0 Å². The van der Waals surface area contributed by atoms with E-state index in [1.807, 2.05) is 0 Å². The van der Waals surface area contributed by atoms with Crippen LogP contribution in [-0.4, -0.2) is 9.52 Å². The van der Waals surface area contributed by atoms with Crippen molar-refractivity contribution in [1.29, 1.82) is 0 Å². The maximum absolute atomic E-state index is 2.44. The van der Waals surface area contributed by atoms with Crippen LogP contribution < -0.4 is 0 Å². The Labute approximate surface area is 148 Å². The SMILES string of the molecule is CC1=C(C)C(C)C([Si]C=C(c2ccccc2)c2ccccc2)=C1C. The van der Waals surface area contributed by atoms with Gasteiger partial charge in [-0.15, -0.1) is 0 Å². The van der Waals surface area contributed by atoms with E-state index in [0.29, 0.717) is 5.92 Å². The Morgan fingerprint density at radius 3 is 1.71 bits per heavy atom. The topological polar surface area (TPSA) is 0 Å². The van der Waals surface area contributed by atoms with Crippen LogP contribution in [0.1, 0.15) is 38.8 Å². The van der Waals surface area contributed by atoms with Crippen LogP contribution in [0.2, 0.25) is 0 Å². The molecule has 2 aromatic carbocycles. The standard InChI is InChI=1S/C23H24Si/c1-16-17(2)19(4)23(18(16)3)24-15-22(20-11-7-5-8-12-20)21-13-9-6-10-14-21/h5-15,18H,1-4H3. The third-order valence-corrected chi connectivity index (χ3v) is 6.73. The van der Waals surface area contributed by atoms with E-state index < -0.39 is 0 Å². The molecule has 0 heterocycles. The summed E-state index contributed by atoms with van der Waals surface area (Å²) < 4.78 is 0. The number of hydrogen-bond donors (Lipinski definition) is 0. The minimum atomic E-state index is 0.576. The minimum Gasteiger partial charge on any atom is -0.0851 e. The Kier molecular flexibility index (Phi) is 5.01. The third kappa shape index (κ3) is 3.22. The van der Waals surface area contributed by atoms with Gasteiger partial charge in [-0.3, -0.25) is 0 Å². The van der Waals surface area contributed by atoms with Crippen molar-refractivity contribution in [3.05, 3.63) is 99.4 Å². The van der Waals surface area contributed by atoms with Crippen LogP contribution >= 0.6 is 0 Å². The molecule has 24 heavy (non-hydrogen) atoms. The molecule has 120 valence electrons. The van der Waals surface area contributed by atoms with Gasteiger partial charge in [0.2, 0.25) is 0 Å². The molecule has 0 nitrogen and oxygen atoms in total. The average molecular weight is 329 g/mol. The fourth-order valence-corrected chi connectivity index (χ4v) is 4.82. The highest BCUT2D eigenvalue weighted by Gasteiger charge is 2.23. The van der Waals surface area contributed by atoms with Crippen molar-refractivity contribution in [3.8, 4) is 0 Å². The van der Waals surface area contributed by atoms with Gasteiger partial charge in [0.15, 0.2) is 0 Å². The minimum absolute atomic E-state index is 0.576. The van der Waals surface area contributed by atoms with Crippen molar-refractivity contribution < 1.29 is 0 Å². The summed E-state index contributed by atoms with van der Waals surface area (Å²) in [6.45, 7) is 9.16. The first-order valence-corrected chi connectivity index (χ1v) is 9.63. The molecule has 0 amide bonds. The smallest absolute Gasteiger partial charge is 0.0851 e. The molecule has 0 aliphatic heterocycles. The number of benzene rings is 2. The summed E-state index contributed by atoms with van der Waals surface area (Å²) in [6, 6.07) is 21.5. The molecule has 1 aliphatic carbocycles. The van der Waals surface area contributed by atoms with Crippen LogP contribution in [0.25, 0.3) is 5.57 Å². The van der Waals surface area contributed by atoms with Gasteiger partial charge in [-0.2, -0.15) is 0 Å². The maximum Gasteiger partial charge on any atom is 0.107 e. The van der Waals surface area contributed by atoms with Gasteiger partial charge < -0.3 is 0 Å². The highest BCUT2D eigenvalue weighted by atomic mass is 28.2. The predicted molar refractivity (Wildman–Crippen MR) is 106 cm³/mol. The molecule has 2 aromatic rings. The van der Waals surface area contributed by atoms with Crippen LogP contribution in [0, 0.1) is 5.92 Å². The molecule has 0 saturated carbocycles. The second-order valence-electron chi connectivity index (χ2n) is 6.50. The summed E-state index contributed by atoms with van der Waals surface area (Å²) in [7, 11) is 0.726. The average Bonchev–Trinajstić information content (AvgIpc) is 2.81. The van der Waals surface area contributed by atoms with Gasteiger partial charge in [-0.1, -0.05) is 89.6 Å². The van der Waals surface area contributed by atoms with Gasteiger partial charge in [0.25, 0.3) is 0 Å². The molecular formula is C23H24Si. The van der Waals surface area contributed by atoms with Crippen molar-refractivity contribution in [3.63, 3.8) is 0 Å². The summed E-state index contributed by atoms with van der Waals surface area (Å²) in [5, 5.41) is 1.59. The van der Waals surface area contributed by atoms with Crippen molar-refractivity contribution in [2.45, 2.75) is 27.7 Å². The zero-order valence-electron chi connectivity index (χ0n) is 14.9. The Morgan fingerprint density at radius 2 is 1.29 bits per heavy atom. The predicted octanol–water partition coefficient (Wildman–Crippen LogP) is 6.04. The van der Waals surface area contributed by atoms with Gasteiger partial charge in [0.1, 0.15) is 9.52 Å². The Morgan fingerprint density at radius 1 is 0.792 bits per heavy atom. The molecule has 3 rings (SSSR count). The summed E-state index contributed by atoms with van der Waals surface area (Å²) in [4.78, 5) is 0. The zero-order chi connectivity index (χ0) is 17.1. The number of rotatable bonds is 4. The van der Waals surface area contributed by atoms with E-state index in [-0.39, 0.29) is 0 Å². The number of hydrogen-bond acceptors (Lipinski definition) is 0. The van der Waals surface area contributed by atoms with Gasteiger partial charge in [0, 0.05) is 0 Å². The third-order valence-electron chi connectivity index (χ3n) is 5.18. The largest absolute Gasteiger partial charge is 0.107 e. The van der Waals surface area contributed by atoms with Crippen molar-refractivity contribution in [2.75, 3.05) is 0 Å². The van der Waals surface area contributed by atoms with E-state index in [4.69, 9.17) is 0 Å². The highest BCUT2D eigenvalue weighted by molar-refractivity contribution is 6.53.